The molecule has 1 atom stereocenters. The largest absolute Gasteiger partial charge is 0.394 e. The third-order valence-corrected chi connectivity index (χ3v) is 2.19. The normalized spacial score (nSPS) is 12.3. The number of rotatable bonds is 3. The molecule has 1 rings (SSSR count). The fourth-order valence-corrected chi connectivity index (χ4v) is 1.25. The minimum absolute atomic E-state index is 0.0597. The first-order chi connectivity index (χ1) is 7.04. The lowest BCUT2D eigenvalue weighted by molar-refractivity contribution is 0.0917. The van der Waals surface area contributed by atoms with Gasteiger partial charge in [-0.1, -0.05) is 23.2 Å². The first-order valence-electron chi connectivity index (χ1n) is 4.28. The fourth-order valence-electron chi connectivity index (χ4n) is 0.915. The molecule has 0 fully saturated rings. The van der Waals surface area contributed by atoms with E-state index in [9.17, 15) is 4.79 Å². The zero-order chi connectivity index (χ0) is 11.4. The van der Waals surface area contributed by atoms with Crippen LogP contribution in [0, 0.1) is 0 Å². The maximum atomic E-state index is 11.6. The Balaban J connectivity index is 2.86. The smallest absolute Gasteiger partial charge is 0.271 e. The molecule has 82 valence electrons. The maximum absolute atomic E-state index is 11.6. The van der Waals surface area contributed by atoms with Gasteiger partial charge < -0.3 is 10.4 Å². The Hall–Kier alpha value is -0.840. The predicted molar refractivity (Wildman–Crippen MR) is 58.3 cm³/mol. The van der Waals surface area contributed by atoms with Crippen molar-refractivity contribution < 1.29 is 9.90 Å². The highest BCUT2D eigenvalue weighted by molar-refractivity contribution is 6.34. The van der Waals surface area contributed by atoms with Gasteiger partial charge in [0.15, 0.2) is 0 Å². The highest BCUT2D eigenvalue weighted by Gasteiger charge is 2.14. The van der Waals surface area contributed by atoms with Gasteiger partial charge in [0, 0.05) is 6.04 Å². The van der Waals surface area contributed by atoms with Gasteiger partial charge in [-0.05, 0) is 19.1 Å². The molecule has 4 nitrogen and oxygen atoms in total. The number of aliphatic hydroxyl groups excluding tert-OH is 1. The van der Waals surface area contributed by atoms with Crippen LogP contribution in [0.2, 0.25) is 10.2 Å². The van der Waals surface area contributed by atoms with Crippen molar-refractivity contribution in [3.63, 3.8) is 0 Å². The summed E-state index contributed by atoms with van der Waals surface area (Å²) in [7, 11) is 0. The SMILES string of the molecule is C[C@H](CO)NC(=O)c1nc(Cl)ccc1Cl. The van der Waals surface area contributed by atoms with Crippen LogP contribution in [-0.4, -0.2) is 28.6 Å². The van der Waals surface area contributed by atoms with Crippen molar-refractivity contribution in [2.45, 2.75) is 13.0 Å². The molecule has 0 aliphatic heterocycles. The second kappa shape index (κ2) is 5.30. The number of aliphatic hydroxyl groups is 1. The van der Waals surface area contributed by atoms with Crippen molar-refractivity contribution in [1.82, 2.24) is 10.3 Å². The fraction of sp³-hybridized carbons (Fsp3) is 0.333. The molecule has 6 heteroatoms. The van der Waals surface area contributed by atoms with E-state index in [1.807, 2.05) is 0 Å². The average Bonchev–Trinajstić information content (AvgIpc) is 2.21. The van der Waals surface area contributed by atoms with Crippen molar-refractivity contribution in [3.8, 4) is 0 Å². The van der Waals surface area contributed by atoms with Crippen LogP contribution in [0.5, 0.6) is 0 Å². The second-order valence-electron chi connectivity index (χ2n) is 3.02. The molecule has 2 N–H and O–H groups in total. The molecule has 1 amide bonds. The molecular weight excluding hydrogens is 239 g/mol. The van der Waals surface area contributed by atoms with Crippen LogP contribution in [0.15, 0.2) is 12.1 Å². The Labute approximate surface area is 97.2 Å². The van der Waals surface area contributed by atoms with Gasteiger partial charge in [-0.25, -0.2) is 4.98 Å². The van der Waals surface area contributed by atoms with Gasteiger partial charge in [-0.3, -0.25) is 4.79 Å². The number of aromatic nitrogens is 1. The lowest BCUT2D eigenvalue weighted by Gasteiger charge is -2.10. The molecular formula is C9H10Cl2N2O2. The van der Waals surface area contributed by atoms with Gasteiger partial charge in [-0.15, -0.1) is 0 Å². The summed E-state index contributed by atoms with van der Waals surface area (Å²) < 4.78 is 0. The Morgan fingerprint density at radius 1 is 1.60 bits per heavy atom. The van der Waals surface area contributed by atoms with Crippen molar-refractivity contribution >= 4 is 29.1 Å². The lowest BCUT2D eigenvalue weighted by Crippen LogP contribution is -2.35. The summed E-state index contributed by atoms with van der Waals surface area (Å²) in [5, 5.41) is 11.7. The zero-order valence-electron chi connectivity index (χ0n) is 8.00. The van der Waals surface area contributed by atoms with Crippen LogP contribution in [-0.2, 0) is 0 Å². The van der Waals surface area contributed by atoms with Gasteiger partial charge in [0.1, 0.15) is 10.8 Å². The molecule has 0 unspecified atom stereocenters. The standard InChI is InChI=1S/C9H10Cl2N2O2/c1-5(4-14)12-9(15)8-6(10)2-3-7(11)13-8/h2-3,5,14H,4H2,1H3,(H,12,15)/t5-/m1/s1. The number of nitrogens with one attached hydrogen (secondary N) is 1. The lowest BCUT2D eigenvalue weighted by atomic mass is 10.3. The van der Waals surface area contributed by atoms with Crippen LogP contribution in [0.3, 0.4) is 0 Å². The monoisotopic (exact) mass is 248 g/mol. The number of carbonyl (C=O) groups is 1. The number of nitrogens with zero attached hydrogens (tertiary/aromatic N) is 1. The van der Waals surface area contributed by atoms with Gasteiger partial charge in [-0.2, -0.15) is 0 Å². The van der Waals surface area contributed by atoms with Crippen LogP contribution in [0.1, 0.15) is 17.4 Å². The number of hydrogen-bond acceptors (Lipinski definition) is 3. The van der Waals surface area contributed by atoms with E-state index in [1.54, 1.807) is 6.92 Å². The van der Waals surface area contributed by atoms with E-state index in [0.29, 0.717) is 0 Å². The predicted octanol–water partition coefficient (Wildman–Crippen LogP) is 1.50. The second-order valence-corrected chi connectivity index (χ2v) is 3.82. The van der Waals surface area contributed by atoms with Gasteiger partial charge >= 0.3 is 0 Å². The first kappa shape index (κ1) is 12.2. The van der Waals surface area contributed by atoms with Gasteiger partial charge in [0.2, 0.25) is 0 Å². The maximum Gasteiger partial charge on any atom is 0.271 e. The summed E-state index contributed by atoms with van der Waals surface area (Å²) in [5.74, 6) is -0.455. The van der Waals surface area contributed by atoms with E-state index in [-0.39, 0.29) is 28.5 Å². The number of pyridine rings is 1. The average molecular weight is 249 g/mol. The van der Waals surface area contributed by atoms with Crippen LogP contribution in [0.4, 0.5) is 0 Å². The summed E-state index contributed by atoms with van der Waals surface area (Å²) in [6.45, 7) is 1.51. The zero-order valence-corrected chi connectivity index (χ0v) is 9.51. The number of carbonyl (C=O) groups excluding carboxylic acids is 1. The molecule has 15 heavy (non-hydrogen) atoms. The van der Waals surface area contributed by atoms with E-state index in [1.165, 1.54) is 12.1 Å². The van der Waals surface area contributed by atoms with Gasteiger partial charge in [0.25, 0.3) is 5.91 Å². The number of amides is 1. The van der Waals surface area contributed by atoms with Crippen molar-refractivity contribution in [1.29, 1.82) is 0 Å². The Bertz CT molecular complexity index is 371. The summed E-state index contributed by atoms with van der Waals surface area (Å²) in [6, 6.07) is 2.64. The molecule has 0 aliphatic rings. The Morgan fingerprint density at radius 2 is 2.27 bits per heavy atom. The van der Waals surface area contributed by atoms with E-state index < -0.39 is 5.91 Å². The van der Waals surface area contributed by atoms with Crippen LogP contribution in [0.25, 0.3) is 0 Å². The van der Waals surface area contributed by atoms with Crippen molar-refractivity contribution in [2.75, 3.05) is 6.61 Å². The van der Waals surface area contributed by atoms with E-state index in [2.05, 4.69) is 10.3 Å². The van der Waals surface area contributed by atoms with Crippen LogP contribution < -0.4 is 5.32 Å². The molecule has 0 aromatic carbocycles. The van der Waals surface area contributed by atoms with Gasteiger partial charge in [0.05, 0.1) is 11.6 Å². The van der Waals surface area contributed by atoms with Crippen LogP contribution >= 0.6 is 23.2 Å². The van der Waals surface area contributed by atoms with E-state index in [4.69, 9.17) is 28.3 Å². The molecule has 0 radical (unpaired) electrons. The Morgan fingerprint density at radius 3 is 2.87 bits per heavy atom. The third-order valence-electron chi connectivity index (χ3n) is 1.68. The number of hydrogen-bond donors (Lipinski definition) is 2. The van der Waals surface area contributed by atoms with Crippen molar-refractivity contribution in [2.24, 2.45) is 0 Å². The van der Waals surface area contributed by atoms with E-state index in [0.717, 1.165) is 0 Å². The minimum atomic E-state index is -0.455. The topological polar surface area (TPSA) is 62.2 Å². The quantitative estimate of drug-likeness (QED) is 0.798. The Kier molecular flexibility index (Phi) is 4.32. The number of halogens is 2. The molecule has 0 spiro atoms. The highest BCUT2D eigenvalue weighted by atomic mass is 35.5. The highest BCUT2D eigenvalue weighted by Crippen LogP contribution is 2.16. The summed E-state index contributed by atoms with van der Waals surface area (Å²) in [4.78, 5) is 15.4. The summed E-state index contributed by atoms with van der Waals surface area (Å²) in [6.07, 6.45) is 0. The molecule has 1 aromatic rings. The third kappa shape index (κ3) is 3.34. The molecule has 0 aliphatic carbocycles. The molecule has 0 saturated heterocycles. The summed E-state index contributed by atoms with van der Waals surface area (Å²) >= 11 is 11.4. The summed E-state index contributed by atoms with van der Waals surface area (Å²) in [5.41, 5.74) is 0.0597. The van der Waals surface area contributed by atoms with Crippen molar-refractivity contribution in [3.05, 3.63) is 28.0 Å². The molecule has 0 saturated carbocycles. The minimum Gasteiger partial charge on any atom is -0.394 e. The van der Waals surface area contributed by atoms with E-state index >= 15 is 0 Å². The molecule has 1 aromatic heterocycles. The first-order valence-corrected chi connectivity index (χ1v) is 5.04. The molecule has 1 heterocycles. The molecule has 0 bridgehead atoms.